The van der Waals surface area contributed by atoms with E-state index in [1.54, 1.807) is 0 Å². The fourth-order valence-electron chi connectivity index (χ4n) is 6.48. The number of aliphatic hydroxyl groups excluding tert-OH is 1. The van der Waals surface area contributed by atoms with Gasteiger partial charge >= 0.3 is 0 Å². The Kier molecular flexibility index (Phi) is 14.6. The monoisotopic (exact) mass is 869 g/mol. The normalized spacial score (nSPS) is 12.5. The van der Waals surface area contributed by atoms with Crippen molar-refractivity contribution >= 4 is 27.5 Å². The SMILES string of the molecule is CC(C)(C)Cc1ccc2cc(-c3ccnc(-c4[c-]c5ccccc5c(C(C)(C)C)c4)c3)oc2c1.CCC(CC)C(=O)/C(F)=C(\O)C(CC)CC.[Ir]. The van der Waals surface area contributed by atoms with Crippen LogP contribution in [0.2, 0.25) is 0 Å². The van der Waals surface area contributed by atoms with Crippen LogP contribution in [-0.2, 0) is 36.7 Å². The maximum atomic E-state index is 13.7. The van der Waals surface area contributed by atoms with E-state index in [-0.39, 0.29) is 48.5 Å². The Labute approximate surface area is 318 Å². The summed E-state index contributed by atoms with van der Waals surface area (Å²) < 4.78 is 20.0. The number of nitrogens with zero attached hydrogens (tertiary/aromatic N) is 1. The first kappa shape index (κ1) is 41.8. The van der Waals surface area contributed by atoms with Gasteiger partial charge in [0.2, 0.25) is 5.83 Å². The molecular weight excluding hydrogens is 814 g/mol. The summed E-state index contributed by atoms with van der Waals surface area (Å²) in [6.07, 6.45) is 5.39. The van der Waals surface area contributed by atoms with Crippen LogP contribution in [0.25, 0.3) is 44.3 Å². The maximum absolute atomic E-state index is 13.7. The molecule has 0 aliphatic heterocycles. The average molecular weight is 869 g/mol. The number of furan rings is 1. The number of aromatic nitrogens is 1. The third kappa shape index (κ3) is 10.5. The predicted molar refractivity (Wildman–Crippen MR) is 207 cm³/mol. The van der Waals surface area contributed by atoms with Crippen molar-refractivity contribution in [1.82, 2.24) is 4.98 Å². The second-order valence-corrected chi connectivity index (χ2v) is 15.6. The molecule has 2 aromatic heterocycles. The van der Waals surface area contributed by atoms with Crippen molar-refractivity contribution in [3.8, 4) is 22.6 Å². The molecule has 5 aromatic rings. The molecule has 0 bridgehead atoms. The van der Waals surface area contributed by atoms with E-state index in [0.717, 1.165) is 45.4 Å². The summed E-state index contributed by atoms with van der Waals surface area (Å²) in [4.78, 5) is 16.4. The minimum absolute atomic E-state index is 0. The summed E-state index contributed by atoms with van der Waals surface area (Å²) in [6.45, 7) is 21.0. The fourth-order valence-corrected chi connectivity index (χ4v) is 6.48. The van der Waals surface area contributed by atoms with E-state index in [4.69, 9.17) is 9.40 Å². The van der Waals surface area contributed by atoms with Gasteiger partial charge in [0.25, 0.3) is 0 Å². The molecule has 0 fully saturated rings. The molecule has 0 atom stereocenters. The van der Waals surface area contributed by atoms with Crippen LogP contribution >= 0.6 is 0 Å². The van der Waals surface area contributed by atoms with Gasteiger partial charge in [-0.05, 0) is 66.7 Å². The van der Waals surface area contributed by atoms with Crippen LogP contribution in [0, 0.1) is 23.3 Å². The third-order valence-electron chi connectivity index (χ3n) is 9.39. The molecule has 0 spiro atoms. The molecule has 3 aromatic carbocycles. The Morgan fingerprint density at radius 2 is 1.51 bits per heavy atom. The standard InChI is InChI=1S/C32H32NO.C13H23FO2.Ir/c1-31(2,3)20-21-11-12-23-19-30(34-29(23)15-21)24-13-14-33-28(18-24)25-16-22-9-7-8-10-26(22)27(17-25)32(4,5)6;1-5-9(6-2)12(15)11(14)13(16)10(7-3)8-4;/h7-15,17-19H,20H2,1-6H3;9-10,15H,5-8H2,1-4H3;/q-1;;/b;12-11+;. The van der Waals surface area contributed by atoms with E-state index >= 15 is 0 Å². The van der Waals surface area contributed by atoms with Gasteiger partial charge in [0, 0.05) is 54.8 Å². The molecule has 0 amide bonds. The Balaban J connectivity index is 0.000000353. The number of pyridine rings is 1. The quantitative estimate of drug-likeness (QED) is 0.0863. The first-order valence-electron chi connectivity index (χ1n) is 18.2. The zero-order valence-corrected chi connectivity index (χ0v) is 34.4. The first-order valence-corrected chi connectivity index (χ1v) is 18.2. The number of benzene rings is 3. The molecule has 275 valence electrons. The number of ketones is 1. The first-order chi connectivity index (χ1) is 23.6. The molecule has 6 heteroatoms. The van der Waals surface area contributed by atoms with Crippen LogP contribution in [-0.4, -0.2) is 15.9 Å². The smallest absolute Gasteiger partial charge is 0.203 e. The molecular formula is C45H55FIrNO3-. The molecule has 0 saturated carbocycles. The van der Waals surface area contributed by atoms with Crippen LogP contribution in [0.1, 0.15) is 106 Å². The van der Waals surface area contributed by atoms with E-state index < -0.39 is 11.6 Å². The van der Waals surface area contributed by atoms with Crippen molar-refractivity contribution in [1.29, 1.82) is 0 Å². The van der Waals surface area contributed by atoms with Gasteiger partial charge in [-0.25, -0.2) is 0 Å². The maximum Gasteiger partial charge on any atom is 0.203 e. The van der Waals surface area contributed by atoms with E-state index in [1.807, 2.05) is 40.0 Å². The Morgan fingerprint density at radius 1 is 0.863 bits per heavy atom. The molecule has 0 saturated heterocycles. The van der Waals surface area contributed by atoms with Gasteiger partial charge in [-0.15, -0.1) is 29.1 Å². The minimum atomic E-state index is -0.928. The van der Waals surface area contributed by atoms with Crippen molar-refractivity contribution in [2.45, 2.75) is 107 Å². The van der Waals surface area contributed by atoms with Crippen LogP contribution < -0.4 is 0 Å². The Hall–Kier alpha value is -3.60. The number of rotatable bonds is 10. The predicted octanol–water partition coefficient (Wildman–Crippen LogP) is 13.2. The van der Waals surface area contributed by atoms with Crippen molar-refractivity contribution < 1.29 is 38.8 Å². The van der Waals surface area contributed by atoms with Gasteiger partial charge in [0.1, 0.15) is 17.1 Å². The average Bonchev–Trinajstić information content (AvgIpc) is 3.51. The number of hydrogen-bond donors (Lipinski definition) is 1. The Morgan fingerprint density at radius 3 is 2.12 bits per heavy atom. The minimum Gasteiger partial charge on any atom is -0.509 e. The number of fused-ring (bicyclic) bond motifs is 2. The number of hydrogen-bond acceptors (Lipinski definition) is 4. The van der Waals surface area contributed by atoms with Crippen molar-refractivity contribution in [3.05, 3.63) is 102 Å². The van der Waals surface area contributed by atoms with E-state index in [9.17, 15) is 14.3 Å². The summed E-state index contributed by atoms with van der Waals surface area (Å²) >= 11 is 0. The molecule has 4 nitrogen and oxygen atoms in total. The molecule has 2 heterocycles. The molecule has 0 unspecified atom stereocenters. The second-order valence-electron chi connectivity index (χ2n) is 15.6. The molecule has 0 aliphatic rings. The number of Topliss-reactive ketones (excluding diaryl/α,β-unsaturated/α-hetero) is 1. The van der Waals surface area contributed by atoms with Crippen molar-refractivity contribution in [3.63, 3.8) is 0 Å². The van der Waals surface area contributed by atoms with Gasteiger partial charge < -0.3 is 9.52 Å². The third-order valence-corrected chi connectivity index (χ3v) is 9.39. The molecule has 5 rings (SSSR count). The molecule has 0 aliphatic carbocycles. The van der Waals surface area contributed by atoms with Gasteiger partial charge in [-0.3, -0.25) is 9.78 Å². The van der Waals surface area contributed by atoms with E-state index in [2.05, 4.69) is 108 Å². The number of carbonyl (C=O) groups excluding carboxylic acids is 1. The molecule has 51 heavy (non-hydrogen) atoms. The van der Waals surface area contributed by atoms with E-state index in [1.165, 1.54) is 16.5 Å². The Bertz CT molecular complexity index is 1950. The van der Waals surface area contributed by atoms with Crippen molar-refractivity contribution in [2.75, 3.05) is 0 Å². The summed E-state index contributed by atoms with van der Waals surface area (Å²) in [5.74, 6) is -1.52. The van der Waals surface area contributed by atoms with Gasteiger partial charge in [0.05, 0.1) is 0 Å². The largest absolute Gasteiger partial charge is 0.509 e. The molecule has 1 N–H and O–H groups in total. The number of halogens is 1. The summed E-state index contributed by atoms with van der Waals surface area (Å²) in [7, 11) is 0. The van der Waals surface area contributed by atoms with Gasteiger partial charge in [0.15, 0.2) is 5.78 Å². The van der Waals surface area contributed by atoms with Gasteiger partial charge in [-0.2, -0.15) is 4.39 Å². The summed E-state index contributed by atoms with van der Waals surface area (Å²) in [5.41, 5.74) is 6.74. The fraction of sp³-hybridized carbons (Fsp3) is 0.422. The molecule has 1 radical (unpaired) electrons. The van der Waals surface area contributed by atoms with Gasteiger partial charge in [-0.1, -0.05) is 117 Å². The zero-order valence-electron chi connectivity index (χ0n) is 32.0. The van der Waals surface area contributed by atoms with E-state index in [0.29, 0.717) is 25.7 Å². The number of carbonyl (C=O) groups is 1. The number of allylic oxidation sites excluding steroid dienone is 2. The second kappa shape index (κ2) is 17.8. The van der Waals surface area contributed by atoms with Crippen LogP contribution in [0.4, 0.5) is 4.39 Å². The zero-order chi connectivity index (χ0) is 36.8. The van der Waals surface area contributed by atoms with Crippen LogP contribution in [0.3, 0.4) is 0 Å². The van der Waals surface area contributed by atoms with Crippen molar-refractivity contribution in [2.24, 2.45) is 17.3 Å². The van der Waals surface area contributed by atoms with Crippen LogP contribution in [0.15, 0.2) is 88.9 Å². The number of aliphatic hydroxyl groups is 1. The van der Waals surface area contributed by atoms with Crippen LogP contribution in [0.5, 0.6) is 0 Å². The summed E-state index contributed by atoms with van der Waals surface area (Å²) in [6, 6.07) is 27.1. The topological polar surface area (TPSA) is 63.3 Å². The summed E-state index contributed by atoms with van der Waals surface area (Å²) in [5, 5.41) is 13.2.